The predicted octanol–water partition coefficient (Wildman–Crippen LogP) is 3.66. The first-order valence-electron chi connectivity index (χ1n) is 11.2. The van der Waals surface area contributed by atoms with Crippen molar-refractivity contribution in [3.05, 3.63) is 75.6 Å². The molecular formula is C25H28N2O5S. The summed E-state index contributed by atoms with van der Waals surface area (Å²) < 4.78 is 34.2. The molecule has 1 atom stereocenters. The van der Waals surface area contributed by atoms with Gasteiger partial charge in [-0.25, -0.2) is 8.42 Å². The Balaban J connectivity index is 1.74. The molecule has 1 aliphatic rings. The number of sulfonamides is 1. The Labute approximate surface area is 193 Å². The molecule has 33 heavy (non-hydrogen) atoms. The van der Waals surface area contributed by atoms with Crippen LogP contribution in [-0.4, -0.2) is 42.7 Å². The van der Waals surface area contributed by atoms with Gasteiger partial charge in [-0.3, -0.25) is 9.59 Å². The van der Waals surface area contributed by atoms with Crippen LogP contribution in [-0.2, 0) is 27.7 Å². The summed E-state index contributed by atoms with van der Waals surface area (Å²) in [6, 6.07) is 13.6. The van der Waals surface area contributed by atoms with Crippen LogP contribution >= 0.6 is 0 Å². The predicted molar refractivity (Wildman–Crippen MR) is 127 cm³/mol. The normalized spacial score (nSPS) is 16.5. The van der Waals surface area contributed by atoms with Crippen molar-refractivity contribution in [2.24, 2.45) is 0 Å². The Bertz CT molecular complexity index is 1340. The smallest absolute Gasteiger partial charge is 0.252 e. The standard InChI is InChI=1S/C25H28N2O5S/c1-3-18-9-10-24-20(12-18)13-21(25(29)26-24)15-27(16-22-7-5-11-32-22)33(30,31)23-8-4-6-19(14-23)17(2)28/h4,6,8-10,12-14,22H,3,5,7,11,15-16H2,1-2H3,(H,26,29)/t22-/m0/s1. The summed E-state index contributed by atoms with van der Waals surface area (Å²) >= 11 is 0. The van der Waals surface area contributed by atoms with Crippen molar-refractivity contribution in [1.29, 1.82) is 0 Å². The third-order valence-electron chi connectivity index (χ3n) is 6.05. The summed E-state index contributed by atoms with van der Waals surface area (Å²) in [6.07, 6.45) is 2.25. The second kappa shape index (κ2) is 9.59. The first kappa shape index (κ1) is 23.4. The molecule has 7 nitrogen and oxygen atoms in total. The number of ketones is 1. The number of ether oxygens (including phenoxy) is 1. The maximum atomic E-state index is 13.6. The van der Waals surface area contributed by atoms with Crippen LogP contribution in [0.2, 0.25) is 0 Å². The van der Waals surface area contributed by atoms with E-state index in [1.54, 1.807) is 18.2 Å². The third-order valence-corrected chi connectivity index (χ3v) is 7.86. The fourth-order valence-electron chi connectivity index (χ4n) is 4.12. The molecule has 0 unspecified atom stereocenters. The first-order valence-corrected chi connectivity index (χ1v) is 12.6. The lowest BCUT2D eigenvalue weighted by molar-refractivity contribution is 0.0925. The number of nitrogens with zero attached hydrogens (tertiary/aromatic N) is 1. The van der Waals surface area contributed by atoms with Crippen LogP contribution in [0.25, 0.3) is 10.9 Å². The zero-order valence-corrected chi connectivity index (χ0v) is 19.7. The number of carbonyl (C=O) groups is 1. The number of hydrogen-bond acceptors (Lipinski definition) is 5. The third kappa shape index (κ3) is 5.08. The molecule has 1 saturated heterocycles. The van der Waals surface area contributed by atoms with Crippen LogP contribution < -0.4 is 5.56 Å². The number of aromatic amines is 1. The molecule has 2 heterocycles. The van der Waals surface area contributed by atoms with Crippen LogP contribution in [0.15, 0.2) is 58.2 Å². The zero-order valence-electron chi connectivity index (χ0n) is 18.8. The molecule has 0 bridgehead atoms. The summed E-state index contributed by atoms with van der Waals surface area (Å²) in [6.45, 7) is 4.09. The molecule has 3 aromatic rings. The summed E-state index contributed by atoms with van der Waals surface area (Å²) in [7, 11) is -3.98. The number of pyridine rings is 1. The van der Waals surface area contributed by atoms with Crippen LogP contribution in [0.5, 0.6) is 0 Å². The molecule has 8 heteroatoms. The topological polar surface area (TPSA) is 96.5 Å². The molecule has 4 rings (SSSR count). The van der Waals surface area contributed by atoms with Gasteiger partial charge in [0.2, 0.25) is 10.0 Å². The molecule has 0 spiro atoms. The highest BCUT2D eigenvalue weighted by Crippen LogP contribution is 2.24. The second-order valence-electron chi connectivity index (χ2n) is 8.42. The fourth-order valence-corrected chi connectivity index (χ4v) is 5.61. The summed E-state index contributed by atoms with van der Waals surface area (Å²) in [5.74, 6) is -0.213. The minimum Gasteiger partial charge on any atom is -0.377 e. The minimum atomic E-state index is -3.98. The van der Waals surface area contributed by atoms with Crippen molar-refractivity contribution in [2.45, 2.75) is 50.7 Å². The lowest BCUT2D eigenvalue weighted by Gasteiger charge is -2.25. The first-order chi connectivity index (χ1) is 15.8. The van der Waals surface area contributed by atoms with Gasteiger partial charge in [0.25, 0.3) is 5.56 Å². The number of fused-ring (bicyclic) bond motifs is 1. The number of Topliss-reactive ketones (excluding diaryl/α,β-unsaturated/α-hetero) is 1. The summed E-state index contributed by atoms with van der Waals surface area (Å²) in [5.41, 5.74) is 2.20. The average Bonchev–Trinajstić information content (AvgIpc) is 3.32. The quantitative estimate of drug-likeness (QED) is 0.509. The fraction of sp³-hybridized carbons (Fsp3) is 0.360. The van der Waals surface area contributed by atoms with Crippen molar-refractivity contribution < 1.29 is 17.9 Å². The molecule has 1 aliphatic heterocycles. The molecular weight excluding hydrogens is 440 g/mol. The molecule has 1 fully saturated rings. The number of H-pyrrole nitrogens is 1. The van der Waals surface area contributed by atoms with Crippen LogP contribution in [0.3, 0.4) is 0 Å². The van der Waals surface area contributed by atoms with Gasteiger partial charge >= 0.3 is 0 Å². The molecule has 1 N–H and O–H groups in total. The number of aromatic nitrogens is 1. The lowest BCUT2D eigenvalue weighted by Crippen LogP contribution is -2.38. The molecule has 0 radical (unpaired) electrons. The Kier molecular flexibility index (Phi) is 6.78. The number of carbonyl (C=O) groups excluding carboxylic acids is 1. The number of benzene rings is 2. The van der Waals surface area contributed by atoms with Crippen LogP contribution in [0, 0.1) is 0 Å². The Morgan fingerprint density at radius 1 is 1.18 bits per heavy atom. The number of rotatable bonds is 8. The largest absolute Gasteiger partial charge is 0.377 e. The van der Waals surface area contributed by atoms with Crippen LogP contribution in [0.1, 0.15) is 48.2 Å². The number of nitrogens with one attached hydrogen (secondary N) is 1. The van der Waals surface area contributed by atoms with E-state index >= 15 is 0 Å². The SMILES string of the molecule is CCc1ccc2[nH]c(=O)c(CN(C[C@@H]3CCCO3)S(=O)(=O)c3cccc(C(C)=O)c3)cc2c1. The molecule has 0 aliphatic carbocycles. The van der Waals surface area contributed by atoms with E-state index in [0.29, 0.717) is 23.3 Å². The van der Waals surface area contributed by atoms with Crippen molar-refractivity contribution in [3.8, 4) is 0 Å². The molecule has 174 valence electrons. The maximum Gasteiger partial charge on any atom is 0.252 e. The van der Waals surface area contributed by atoms with E-state index in [-0.39, 0.29) is 35.4 Å². The van der Waals surface area contributed by atoms with E-state index in [1.807, 2.05) is 18.2 Å². The Morgan fingerprint density at radius 3 is 2.70 bits per heavy atom. The van der Waals surface area contributed by atoms with Gasteiger partial charge < -0.3 is 9.72 Å². The minimum absolute atomic E-state index is 0.0266. The van der Waals surface area contributed by atoms with E-state index in [9.17, 15) is 18.0 Å². The highest BCUT2D eigenvalue weighted by molar-refractivity contribution is 7.89. The van der Waals surface area contributed by atoms with Gasteiger partial charge in [0.05, 0.1) is 11.0 Å². The maximum absolute atomic E-state index is 13.6. The van der Waals surface area contributed by atoms with E-state index in [2.05, 4.69) is 11.9 Å². The number of hydrogen-bond donors (Lipinski definition) is 1. The van der Waals surface area contributed by atoms with Crippen molar-refractivity contribution >= 4 is 26.7 Å². The lowest BCUT2D eigenvalue weighted by atomic mass is 10.1. The molecule has 0 saturated carbocycles. The van der Waals surface area contributed by atoms with Crippen molar-refractivity contribution in [2.75, 3.05) is 13.2 Å². The molecule has 1 aromatic heterocycles. The summed E-state index contributed by atoms with van der Waals surface area (Å²) in [5, 5.41) is 0.858. The highest BCUT2D eigenvalue weighted by atomic mass is 32.2. The van der Waals surface area contributed by atoms with Crippen LogP contribution in [0.4, 0.5) is 0 Å². The van der Waals surface area contributed by atoms with E-state index in [4.69, 9.17) is 4.74 Å². The molecule has 2 aromatic carbocycles. The second-order valence-corrected chi connectivity index (χ2v) is 10.4. The zero-order chi connectivity index (χ0) is 23.6. The van der Waals surface area contributed by atoms with Crippen molar-refractivity contribution in [3.63, 3.8) is 0 Å². The van der Waals surface area contributed by atoms with Gasteiger partial charge in [0, 0.05) is 36.3 Å². The average molecular weight is 469 g/mol. The van der Waals surface area contributed by atoms with Crippen molar-refractivity contribution in [1.82, 2.24) is 9.29 Å². The van der Waals surface area contributed by atoms with Gasteiger partial charge in [-0.15, -0.1) is 0 Å². The van der Waals surface area contributed by atoms with Gasteiger partial charge in [-0.2, -0.15) is 4.31 Å². The van der Waals surface area contributed by atoms with Gasteiger partial charge in [-0.1, -0.05) is 25.1 Å². The number of aryl methyl sites for hydroxylation is 1. The Hall–Kier alpha value is -2.81. The molecule has 0 amide bonds. The Morgan fingerprint density at radius 2 is 2.00 bits per heavy atom. The van der Waals surface area contributed by atoms with E-state index in [1.165, 1.54) is 23.4 Å². The van der Waals surface area contributed by atoms with Gasteiger partial charge in [0.15, 0.2) is 5.78 Å². The van der Waals surface area contributed by atoms with E-state index < -0.39 is 10.0 Å². The van der Waals surface area contributed by atoms with Gasteiger partial charge in [-0.05, 0) is 67.5 Å². The van der Waals surface area contributed by atoms with E-state index in [0.717, 1.165) is 30.2 Å². The monoisotopic (exact) mass is 468 g/mol. The van der Waals surface area contributed by atoms with Gasteiger partial charge in [0.1, 0.15) is 0 Å². The highest BCUT2D eigenvalue weighted by Gasteiger charge is 2.30. The summed E-state index contributed by atoms with van der Waals surface area (Å²) in [4.78, 5) is 27.5.